The smallest absolute Gasteiger partial charge is 0.228 e. The number of nitrogens with zero attached hydrogens (tertiary/aromatic N) is 1. The number of fused-ring (bicyclic) bond motifs is 1. The Bertz CT molecular complexity index is 932. The van der Waals surface area contributed by atoms with E-state index in [1.165, 1.54) is 0 Å². The van der Waals surface area contributed by atoms with Crippen molar-refractivity contribution < 1.29 is 23.7 Å². The summed E-state index contributed by atoms with van der Waals surface area (Å²) < 4.78 is 22.0. The largest absolute Gasteiger partial charge is 0.493 e. The Kier molecular flexibility index (Phi) is 6.15. The van der Waals surface area contributed by atoms with Crippen molar-refractivity contribution in [1.29, 1.82) is 0 Å². The van der Waals surface area contributed by atoms with Crippen LogP contribution in [0.15, 0.2) is 30.3 Å². The van der Waals surface area contributed by atoms with Gasteiger partial charge in [-0.3, -0.25) is 4.79 Å². The van der Waals surface area contributed by atoms with Crippen molar-refractivity contribution in [2.45, 2.75) is 33.2 Å². The molecular weight excluding hydrogens is 382 g/mol. The molecule has 6 nitrogen and oxygen atoms in total. The first-order chi connectivity index (χ1) is 14.2. The lowest BCUT2D eigenvalue weighted by Gasteiger charge is -2.41. The van der Waals surface area contributed by atoms with Crippen molar-refractivity contribution in [3.05, 3.63) is 47.0 Å². The van der Waals surface area contributed by atoms with Crippen molar-refractivity contribution in [3.8, 4) is 23.0 Å². The highest BCUT2D eigenvalue weighted by molar-refractivity contribution is 5.83. The lowest BCUT2D eigenvalue weighted by Crippen LogP contribution is -2.45. The molecule has 0 spiro atoms. The molecule has 6 heteroatoms. The van der Waals surface area contributed by atoms with Crippen LogP contribution in [0, 0.1) is 5.41 Å². The summed E-state index contributed by atoms with van der Waals surface area (Å²) in [6, 6.07) is 9.54. The summed E-state index contributed by atoms with van der Waals surface area (Å²) in [6.07, 6.45) is 0.751. The van der Waals surface area contributed by atoms with Gasteiger partial charge in [-0.15, -0.1) is 0 Å². The molecule has 1 amide bonds. The zero-order chi connectivity index (χ0) is 22.1. The number of carbonyl (C=O) groups is 1. The normalized spacial score (nSPS) is 16.0. The molecule has 162 valence electrons. The summed E-state index contributed by atoms with van der Waals surface area (Å²) in [7, 11) is 6.48. The molecule has 0 saturated carbocycles. The van der Waals surface area contributed by atoms with Crippen LogP contribution in [0.4, 0.5) is 0 Å². The van der Waals surface area contributed by atoms with Crippen LogP contribution in [-0.2, 0) is 11.2 Å². The van der Waals surface area contributed by atoms with Crippen molar-refractivity contribution in [2.24, 2.45) is 5.41 Å². The average Bonchev–Trinajstić information content (AvgIpc) is 2.75. The molecular formula is C24H31NO5. The number of rotatable bonds is 5. The molecule has 2 aromatic carbocycles. The highest BCUT2D eigenvalue weighted by Gasteiger charge is 2.38. The minimum Gasteiger partial charge on any atom is -0.493 e. The minimum atomic E-state index is -0.497. The summed E-state index contributed by atoms with van der Waals surface area (Å²) in [5.74, 6) is 2.72. The third-order valence-corrected chi connectivity index (χ3v) is 5.50. The van der Waals surface area contributed by atoms with Gasteiger partial charge in [0.25, 0.3) is 0 Å². The van der Waals surface area contributed by atoms with E-state index in [4.69, 9.17) is 18.9 Å². The Hall–Kier alpha value is -2.89. The molecule has 1 atom stereocenters. The van der Waals surface area contributed by atoms with Crippen LogP contribution in [0.25, 0.3) is 0 Å². The predicted molar refractivity (Wildman–Crippen MR) is 116 cm³/mol. The van der Waals surface area contributed by atoms with Crippen molar-refractivity contribution in [2.75, 3.05) is 35.0 Å². The number of hydrogen-bond acceptors (Lipinski definition) is 5. The van der Waals surface area contributed by atoms with E-state index in [1.807, 2.05) is 56.0 Å². The second-order valence-electron chi connectivity index (χ2n) is 8.42. The van der Waals surface area contributed by atoms with Gasteiger partial charge in [-0.2, -0.15) is 0 Å². The summed E-state index contributed by atoms with van der Waals surface area (Å²) in [6.45, 7) is 6.47. The fraction of sp³-hybridized carbons (Fsp3) is 0.458. The second-order valence-corrected chi connectivity index (χ2v) is 8.42. The molecule has 0 bridgehead atoms. The number of carbonyl (C=O) groups excluding carboxylic acids is 1. The van der Waals surface area contributed by atoms with Crippen LogP contribution in [-0.4, -0.2) is 45.8 Å². The lowest BCUT2D eigenvalue weighted by molar-refractivity contribution is -0.141. The molecule has 0 radical (unpaired) electrons. The quantitative estimate of drug-likeness (QED) is 0.734. The van der Waals surface area contributed by atoms with Crippen molar-refractivity contribution in [3.63, 3.8) is 0 Å². The van der Waals surface area contributed by atoms with Crippen LogP contribution in [0.1, 0.15) is 43.5 Å². The van der Waals surface area contributed by atoms with E-state index < -0.39 is 5.41 Å². The third kappa shape index (κ3) is 3.91. The topological polar surface area (TPSA) is 57.2 Å². The summed E-state index contributed by atoms with van der Waals surface area (Å²) >= 11 is 0. The Balaban J connectivity index is 2.21. The Morgan fingerprint density at radius 2 is 1.43 bits per heavy atom. The van der Waals surface area contributed by atoms with Gasteiger partial charge in [-0.1, -0.05) is 26.8 Å². The molecule has 0 fully saturated rings. The molecule has 0 N–H and O–H groups in total. The lowest BCUT2D eigenvalue weighted by atomic mass is 9.84. The maximum absolute atomic E-state index is 13.4. The first kappa shape index (κ1) is 21.8. The van der Waals surface area contributed by atoms with Gasteiger partial charge in [0.15, 0.2) is 23.0 Å². The van der Waals surface area contributed by atoms with E-state index in [0.29, 0.717) is 29.5 Å². The Morgan fingerprint density at radius 3 is 2.00 bits per heavy atom. The average molecular weight is 414 g/mol. The van der Waals surface area contributed by atoms with Gasteiger partial charge in [-0.25, -0.2) is 0 Å². The first-order valence-electron chi connectivity index (χ1n) is 10.0. The van der Waals surface area contributed by atoms with E-state index in [2.05, 4.69) is 0 Å². The number of methoxy groups -OCH3 is 4. The van der Waals surface area contributed by atoms with Crippen LogP contribution >= 0.6 is 0 Å². The van der Waals surface area contributed by atoms with Crippen LogP contribution in [0.5, 0.6) is 23.0 Å². The predicted octanol–water partition coefficient (Wildman–Crippen LogP) is 4.24. The van der Waals surface area contributed by atoms with Crippen molar-refractivity contribution in [1.82, 2.24) is 4.90 Å². The van der Waals surface area contributed by atoms with E-state index in [0.717, 1.165) is 23.1 Å². The van der Waals surface area contributed by atoms with Gasteiger partial charge >= 0.3 is 0 Å². The fourth-order valence-corrected chi connectivity index (χ4v) is 3.98. The van der Waals surface area contributed by atoms with Gasteiger partial charge in [0, 0.05) is 12.0 Å². The minimum absolute atomic E-state index is 0.0997. The molecule has 3 rings (SSSR count). The molecule has 0 saturated heterocycles. The van der Waals surface area contributed by atoms with E-state index in [9.17, 15) is 4.79 Å². The van der Waals surface area contributed by atoms with Crippen LogP contribution in [0.2, 0.25) is 0 Å². The monoisotopic (exact) mass is 413 g/mol. The summed E-state index contributed by atoms with van der Waals surface area (Å²) in [4.78, 5) is 15.3. The number of amides is 1. The van der Waals surface area contributed by atoms with Crippen LogP contribution in [0.3, 0.4) is 0 Å². The van der Waals surface area contributed by atoms with E-state index in [-0.39, 0.29) is 11.9 Å². The van der Waals surface area contributed by atoms with Crippen LogP contribution < -0.4 is 18.9 Å². The maximum Gasteiger partial charge on any atom is 0.228 e. The molecule has 0 unspecified atom stereocenters. The van der Waals surface area contributed by atoms with Gasteiger partial charge in [-0.05, 0) is 47.4 Å². The molecule has 1 heterocycles. The third-order valence-electron chi connectivity index (χ3n) is 5.50. The van der Waals surface area contributed by atoms with Gasteiger partial charge in [0.2, 0.25) is 5.91 Å². The highest BCUT2D eigenvalue weighted by Crippen LogP contribution is 2.43. The molecule has 0 aromatic heterocycles. The fourth-order valence-electron chi connectivity index (χ4n) is 3.98. The number of ether oxygens (including phenoxy) is 4. The van der Waals surface area contributed by atoms with Gasteiger partial charge < -0.3 is 23.8 Å². The zero-order valence-electron chi connectivity index (χ0n) is 18.9. The highest BCUT2D eigenvalue weighted by atomic mass is 16.5. The Morgan fingerprint density at radius 1 is 0.867 bits per heavy atom. The number of benzene rings is 2. The van der Waals surface area contributed by atoms with Gasteiger partial charge in [0.05, 0.1) is 34.5 Å². The maximum atomic E-state index is 13.4. The summed E-state index contributed by atoms with van der Waals surface area (Å²) in [5.41, 5.74) is 2.63. The molecule has 2 aromatic rings. The first-order valence-corrected chi connectivity index (χ1v) is 10.0. The summed E-state index contributed by atoms with van der Waals surface area (Å²) in [5, 5.41) is 0. The Labute approximate surface area is 178 Å². The zero-order valence-corrected chi connectivity index (χ0v) is 18.9. The standard InChI is InChI=1S/C24H31NO5/c1-24(2,3)23(26)25-11-10-15-12-20(29-6)21(30-7)14-17(15)22(25)16-8-9-18(27-4)19(13-16)28-5/h8-9,12-14,22H,10-11H2,1-7H3/t22-/m0/s1. The second kappa shape index (κ2) is 8.46. The molecule has 0 aliphatic carbocycles. The van der Waals surface area contributed by atoms with Gasteiger partial charge in [0.1, 0.15) is 0 Å². The molecule has 30 heavy (non-hydrogen) atoms. The number of hydrogen-bond donors (Lipinski definition) is 0. The van der Waals surface area contributed by atoms with Crippen molar-refractivity contribution >= 4 is 5.91 Å². The molecule has 1 aliphatic heterocycles. The van der Waals surface area contributed by atoms with E-state index >= 15 is 0 Å². The SMILES string of the molecule is COc1ccc([C@H]2c3cc(OC)c(OC)cc3CCN2C(=O)C(C)(C)C)cc1OC. The van der Waals surface area contributed by atoms with E-state index in [1.54, 1.807) is 28.4 Å². The molecule has 1 aliphatic rings.